The van der Waals surface area contributed by atoms with Crippen LogP contribution in [0.4, 0.5) is 5.69 Å². The molecule has 1 heterocycles. The largest absolute Gasteiger partial charge is 0.493 e. The number of nitrogens with one attached hydrogen (secondary N) is 1. The third-order valence-corrected chi connectivity index (χ3v) is 6.31. The van der Waals surface area contributed by atoms with Crippen molar-refractivity contribution in [1.82, 2.24) is 4.57 Å². The highest BCUT2D eigenvalue weighted by Crippen LogP contribution is 2.41. The highest BCUT2D eigenvalue weighted by molar-refractivity contribution is 6.06. The van der Waals surface area contributed by atoms with Gasteiger partial charge in [-0.25, -0.2) is 0 Å². The second-order valence-electron chi connectivity index (χ2n) is 8.59. The molecular formula is C31H32N2O6. The van der Waals surface area contributed by atoms with Gasteiger partial charge < -0.3 is 33.6 Å². The van der Waals surface area contributed by atoms with Gasteiger partial charge in [0.05, 0.1) is 41.2 Å². The Morgan fingerprint density at radius 3 is 2.05 bits per heavy atom. The van der Waals surface area contributed by atoms with E-state index < -0.39 is 0 Å². The Morgan fingerprint density at radius 2 is 1.41 bits per heavy atom. The number of methoxy groups -OCH3 is 5. The molecule has 8 nitrogen and oxygen atoms in total. The summed E-state index contributed by atoms with van der Waals surface area (Å²) in [5.41, 5.74) is 4.04. The molecule has 1 aromatic heterocycles. The highest BCUT2D eigenvalue weighted by atomic mass is 16.5. The van der Waals surface area contributed by atoms with Gasteiger partial charge in [-0.05, 0) is 42.0 Å². The molecule has 0 unspecified atom stereocenters. The summed E-state index contributed by atoms with van der Waals surface area (Å²) < 4.78 is 29.5. The summed E-state index contributed by atoms with van der Waals surface area (Å²) in [6.07, 6.45) is 9.05. The lowest BCUT2D eigenvalue weighted by atomic mass is 10.1. The number of fused-ring (bicyclic) bond motifs is 1. The van der Waals surface area contributed by atoms with Gasteiger partial charge >= 0.3 is 0 Å². The molecule has 4 rings (SSSR count). The molecule has 1 N–H and O–H groups in total. The van der Waals surface area contributed by atoms with E-state index in [1.807, 2.05) is 72.4 Å². The van der Waals surface area contributed by atoms with E-state index in [4.69, 9.17) is 23.7 Å². The highest BCUT2D eigenvalue weighted by Gasteiger charge is 2.16. The summed E-state index contributed by atoms with van der Waals surface area (Å²) in [5.74, 6) is 2.19. The molecule has 202 valence electrons. The fraction of sp³-hybridized carbons (Fsp3) is 0.194. The van der Waals surface area contributed by atoms with Crippen LogP contribution in [0.25, 0.3) is 29.1 Å². The number of hydrogen-bond acceptors (Lipinski definition) is 6. The van der Waals surface area contributed by atoms with Gasteiger partial charge in [0.15, 0.2) is 23.0 Å². The number of amides is 1. The van der Waals surface area contributed by atoms with E-state index in [2.05, 4.69) is 5.32 Å². The number of carbonyl (C=O) groups is 1. The van der Waals surface area contributed by atoms with Crippen LogP contribution in [-0.4, -0.2) is 46.0 Å². The van der Waals surface area contributed by atoms with Gasteiger partial charge in [0.2, 0.25) is 11.7 Å². The van der Waals surface area contributed by atoms with Gasteiger partial charge in [-0.2, -0.15) is 0 Å². The Balaban J connectivity index is 1.68. The van der Waals surface area contributed by atoms with Gasteiger partial charge in [0, 0.05) is 41.4 Å². The molecular weight excluding hydrogens is 496 g/mol. The summed E-state index contributed by atoms with van der Waals surface area (Å²) in [4.78, 5) is 13.1. The number of rotatable bonds is 10. The first kappa shape index (κ1) is 27.2. The molecule has 0 atom stereocenters. The van der Waals surface area contributed by atoms with E-state index in [1.54, 1.807) is 40.6 Å². The first-order valence-electron chi connectivity index (χ1n) is 12.2. The molecule has 4 aromatic rings. The second kappa shape index (κ2) is 12.1. The number of hydrogen-bond donors (Lipinski definition) is 1. The van der Waals surface area contributed by atoms with E-state index >= 15 is 0 Å². The molecule has 0 spiro atoms. The Morgan fingerprint density at radius 1 is 0.744 bits per heavy atom. The second-order valence-corrected chi connectivity index (χ2v) is 8.59. The fourth-order valence-electron chi connectivity index (χ4n) is 4.43. The summed E-state index contributed by atoms with van der Waals surface area (Å²) in [6, 6.07) is 15.4. The van der Waals surface area contributed by atoms with Crippen molar-refractivity contribution in [2.45, 2.75) is 0 Å². The maximum atomic E-state index is 13.1. The number of aromatic nitrogens is 1. The third-order valence-electron chi connectivity index (χ3n) is 6.31. The van der Waals surface area contributed by atoms with Crippen molar-refractivity contribution >= 4 is 40.7 Å². The minimum atomic E-state index is -0.308. The van der Waals surface area contributed by atoms with Crippen molar-refractivity contribution in [2.75, 3.05) is 40.9 Å². The predicted molar refractivity (Wildman–Crippen MR) is 155 cm³/mol. The van der Waals surface area contributed by atoms with E-state index in [0.29, 0.717) is 40.0 Å². The average molecular weight is 529 g/mol. The maximum Gasteiger partial charge on any atom is 0.248 e. The minimum absolute atomic E-state index is 0.308. The third kappa shape index (κ3) is 5.70. The number of para-hydroxylation sites is 1. The molecule has 0 radical (unpaired) electrons. The average Bonchev–Trinajstić information content (AvgIpc) is 3.29. The van der Waals surface area contributed by atoms with Crippen LogP contribution < -0.4 is 29.0 Å². The molecule has 3 aromatic carbocycles. The number of nitrogens with zero attached hydrogens (tertiary/aromatic N) is 1. The van der Waals surface area contributed by atoms with Gasteiger partial charge in [-0.1, -0.05) is 30.4 Å². The summed E-state index contributed by atoms with van der Waals surface area (Å²) in [7, 11) is 9.76. The standard InChI is InChI=1S/C31H32N2O6/c1-33-19-22(23-9-7-8-10-24(23)33)14-16-28(34)32-29-21(13-15-25(35-2)31(29)39-6)12-11-20-17-26(36-3)30(38-5)27(18-20)37-4/h7-19H,1-6H3,(H,32,34)/b12-11?,16-14+. The van der Waals surface area contributed by atoms with Crippen LogP contribution >= 0.6 is 0 Å². The number of carbonyl (C=O) groups excluding carboxylic acids is 1. The van der Waals surface area contributed by atoms with E-state index in [1.165, 1.54) is 13.2 Å². The van der Waals surface area contributed by atoms with Crippen molar-refractivity contribution in [3.63, 3.8) is 0 Å². The summed E-state index contributed by atoms with van der Waals surface area (Å²) in [6.45, 7) is 0. The summed E-state index contributed by atoms with van der Waals surface area (Å²) in [5, 5.41) is 4.04. The minimum Gasteiger partial charge on any atom is -0.493 e. The summed E-state index contributed by atoms with van der Waals surface area (Å²) >= 11 is 0. The van der Waals surface area contributed by atoms with Crippen LogP contribution in [0.1, 0.15) is 16.7 Å². The van der Waals surface area contributed by atoms with Gasteiger partial charge in [-0.15, -0.1) is 0 Å². The molecule has 0 bridgehead atoms. The Bertz CT molecular complexity index is 1530. The van der Waals surface area contributed by atoms with E-state index in [0.717, 1.165) is 22.0 Å². The molecule has 0 saturated carbocycles. The quantitative estimate of drug-likeness (QED) is 0.200. The van der Waals surface area contributed by atoms with Crippen LogP contribution in [-0.2, 0) is 11.8 Å². The molecule has 8 heteroatoms. The van der Waals surface area contributed by atoms with Crippen molar-refractivity contribution in [3.8, 4) is 28.7 Å². The first-order chi connectivity index (χ1) is 18.9. The SMILES string of the molecule is COc1cc(C=Cc2ccc(OC)c(OC)c2NC(=O)/C=C/c2cn(C)c3ccccc23)cc(OC)c1OC. The molecule has 1 amide bonds. The zero-order valence-corrected chi connectivity index (χ0v) is 22.9. The maximum absolute atomic E-state index is 13.1. The molecule has 0 saturated heterocycles. The number of aryl methyl sites for hydroxylation is 1. The van der Waals surface area contributed by atoms with Crippen LogP contribution in [0, 0.1) is 0 Å². The van der Waals surface area contributed by atoms with Crippen molar-refractivity contribution in [2.24, 2.45) is 7.05 Å². The van der Waals surface area contributed by atoms with Gasteiger partial charge in [-0.3, -0.25) is 4.79 Å². The Hall–Kier alpha value is -4.85. The van der Waals surface area contributed by atoms with Crippen LogP contribution in [0.5, 0.6) is 28.7 Å². The zero-order valence-electron chi connectivity index (χ0n) is 22.9. The van der Waals surface area contributed by atoms with Crippen LogP contribution in [0.2, 0.25) is 0 Å². The van der Waals surface area contributed by atoms with E-state index in [9.17, 15) is 4.79 Å². The van der Waals surface area contributed by atoms with Crippen molar-refractivity contribution < 1.29 is 28.5 Å². The van der Waals surface area contributed by atoms with Gasteiger partial charge in [0.25, 0.3) is 0 Å². The first-order valence-corrected chi connectivity index (χ1v) is 12.2. The Kier molecular flexibility index (Phi) is 8.46. The van der Waals surface area contributed by atoms with Crippen LogP contribution in [0.3, 0.4) is 0 Å². The normalized spacial score (nSPS) is 11.2. The Labute approximate surface area is 228 Å². The lowest BCUT2D eigenvalue weighted by molar-refractivity contribution is -0.111. The topological polar surface area (TPSA) is 80.2 Å². The number of anilines is 1. The molecule has 0 aliphatic carbocycles. The number of ether oxygens (including phenoxy) is 5. The zero-order chi connectivity index (χ0) is 27.9. The van der Waals surface area contributed by atoms with Crippen molar-refractivity contribution in [1.29, 1.82) is 0 Å². The monoisotopic (exact) mass is 528 g/mol. The predicted octanol–water partition coefficient (Wildman–Crippen LogP) is 6.04. The molecule has 0 aliphatic heterocycles. The molecule has 0 aliphatic rings. The smallest absolute Gasteiger partial charge is 0.248 e. The molecule has 39 heavy (non-hydrogen) atoms. The molecule has 0 fully saturated rings. The number of benzene rings is 3. The fourth-order valence-corrected chi connectivity index (χ4v) is 4.43. The lowest BCUT2D eigenvalue weighted by Crippen LogP contribution is -2.11. The van der Waals surface area contributed by atoms with Gasteiger partial charge in [0.1, 0.15) is 0 Å². The van der Waals surface area contributed by atoms with Crippen molar-refractivity contribution in [3.05, 3.63) is 77.5 Å². The van der Waals surface area contributed by atoms with Crippen LogP contribution in [0.15, 0.2) is 60.8 Å². The van der Waals surface area contributed by atoms with E-state index in [-0.39, 0.29) is 5.91 Å². The lowest BCUT2D eigenvalue weighted by Gasteiger charge is -2.16.